The van der Waals surface area contributed by atoms with Gasteiger partial charge < -0.3 is 5.32 Å². The molecule has 6 nitrogen and oxygen atoms in total. The first-order valence-electron chi connectivity index (χ1n) is 10.0. The molecule has 1 unspecified atom stereocenters. The third-order valence-corrected chi connectivity index (χ3v) is 7.72. The first kappa shape index (κ1) is 22.7. The highest BCUT2D eigenvalue weighted by Crippen LogP contribution is 2.20. The number of aryl methyl sites for hydroxylation is 2. The number of piperazine rings is 1. The molecule has 0 aliphatic carbocycles. The van der Waals surface area contributed by atoms with Gasteiger partial charge >= 0.3 is 0 Å². The lowest BCUT2D eigenvalue weighted by Crippen LogP contribution is -2.51. The highest BCUT2D eigenvalue weighted by atomic mass is 35.5. The van der Waals surface area contributed by atoms with Crippen molar-refractivity contribution in [1.29, 1.82) is 0 Å². The van der Waals surface area contributed by atoms with E-state index in [1.807, 2.05) is 17.9 Å². The van der Waals surface area contributed by atoms with Crippen molar-refractivity contribution in [3.8, 4) is 0 Å². The molecule has 30 heavy (non-hydrogen) atoms. The summed E-state index contributed by atoms with van der Waals surface area (Å²) in [6.07, 6.45) is 0. The average molecular weight is 450 g/mol. The number of hydrogen-bond donors (Lipinski definition) is 1. The summed E-state index contributed by atoms with van der Waals surface area (Å²) < 4.78 is 27.0. The molecular weight excluding hydrogens is 422 g/mol. The minimum atomic E-state index is -3.55. The van der Waals surface area contributed by atoms with E-state index in [4.69, 9.17) is 11.6 Å². The van der Waals surface area contributed by atoms with Gasteiger partial charge in [0.2, 0.25) is 15.9 Å². The van der Waals surface area contributed by atoms with Gasteiger partial charge in [-0.15, -0.1) is 0 Å². The second-order valence-electron chi connectivity index (χ2n) is 7.77. The standard InChI is InChI=1S/C22H28ClN3O3S/c1-16-4-5-19(14-17(16)2)18(3)24-22(27)15-25-10-12-26(13-11-25)30(28,29)21-8-6-20(23)7-9-21/h4-9,14,18H,10-13,15H2,1-3H3,(H,24,27). The van der Waals surface area contributed by atoms with Gasteiger partial charge in [0.05, 0.1) is 17.5 Å². The molecule has 1 fully saturated rings. The van der Waals surface area contributed by atoms with E-state index >= 15 is 0 Å². The Morgan fingerprint density at radius 3 is 2.27 bits per heavy atom. The Balaban J connectivity index is 1.52. The van der Waals surface area contributed by atoms with Crippen molar-refractivity contribution in [2.24, 2.45) is 0 Å². The van der Waals surface area contributed by atoms with Crippen LogP contribution in [0.5, 0.6) is 0 Å². The molecule has 1 aliphatic rings. The van der Waals surface area contributed by atoms with Gasteiger partial charge in [-0.25, -0.2) is 8.42 Å². The van der Waals surface area contributed by atoms with Crippen LogP contribution >= 0.6 is 11.6 Å². The Hall–Kier alpha value is -1.93. The second kappa shape index (κ2) is 9.47. The van der Waals surface area contributed by atoms with Crippen LogP contribution in [0.4, 0.5) is 0 Å². The smallest absolute Gasteiger partial charge is 0.243 e. The highest BCUT2D eigenvalue weighted by molar-refractivity contribution is 7.89. The van der Waals surface area contributed by atoms with E-state index in [0.717, 1.165) is 5.56 Å². The summed E-state index contributed by atoms with van der Waals surface area (Å²) >= 11 is 5.85. The number of hydrogen-bond acceptors (Lipinski definition) is 4. The number of nitrogens with zero attached hydrogens (tertiary/aromatic N) is 2. The summed E-state index contributed by atoms with van der Waals surface area (Å²) in [6.45, 7) is 8.08. The molecule has 1 saturated heterocycles. The zero-order chi connectivity index (χ0) is 21.9. The lowest BCUT2D eigenvalue weighted by Gasteiger charge is -2.33. The van der Waals surface area contributed by atoms with Gasteiger partial charge in [-0.1, -0.05) is 29.8 Å². The SMILES string of the molecule is Cc1ccc(C(C)NC(=O)CN2CCN(S(=O)(=O)c3ccc(Cl)cc3)CC2)cc1C. The van der Waals surface area contributed by atoms with Crippen LogP contribution < -0.4 is 5.32 Å². The van der Waals surface area contributed by atoms with E-state index in [1.165, 1.54) is 27.6 Å². The van der Waals surface area contributed by atoms with Crippen molar-refractivity contribution in [2.45, 2.75) is 31.7 Å². The largest absolute Gasteiger partial charge is 0.348 e. The zero-order valence-electron chi connectivity index (χ0n) is 17.6. The van der Waals surface area contributed by atoms with Crippen LogP contribution in [0.15, 0.2) is 47.4 Å². The van der Waals surface area contributed by atoms with E-state index < -0.39 is 10.0 Å². The first-order valence-corrected chi connectivity index (χ1v) is 11.8. The van der Waals surface area contributed by atoms with Crippen molar-refractivity contribution in [3.05, 3.63) is 64.2 Å². The third-order valence-electron chi connectivity index (χ3n) is 5.56. The minimum Gasteiger partial charge on any atom is -0.348 e. The fourth-order valence-corrected chi connectivity index (χ4v) is 5.04. The predicted octanol–water partition coefficient (Wildman–Crippen LogP) is 3.14. The zero-order valence-corrected chi connectivity index (χ0v) is 19.1. The Morgan fingerprint density at radius 1 is 1.03 bits per heavy atom. The molecule has 0 aromatic heterocycles. The average Bonchev–Trinajstić information content (AvgIpc) is 2.70. The van der Waals surface area contributed by atoms with Crippen molar-refractivity contribution >= 4 is 27.5 Å². The molecule has 1 aliphatic heterocycles. The predicted molar refractivity (Wildman–Crippen MR) is 119 cm³/mol. The molecule has 1 amide bonds. The molecule has 2 aromatic rings. The van der Waals surface area contributed by atoms with E-state index in [-0.39, 0.29) is 23.4 Å². The summed E-state index contributed by atoms with van der Waals surface area (Å²) in [5, 5.41) is 3.54. The lowest BCUT2D eigenvalue weighted by molar-refractivity contribution is -0.123. The van der Waals surface area contributed by atoms with Crippen LogP contribution in [-0.2, 0) is 14.8 Å². The summed E-state index contributed by atoms with van der Waals surface area (Å²) in [5.74, 6) is -0.0604. The molecule has 1 heterocycles. The molecule has 1 N–H and O–H groups in total. The van der Waals surface area contributed by atoms with Gasteiger partial charge in [-0.2, -0.15) is 4.31 Å². The summed E-state index contributed by atoms with van der Waals surface area (Å²) in [4.78, 5) is 14.7. The van der Waals surface area contributed by atoms with Crippen LogP contribution in [0.3, 0.4) is 0 Å². The Labute approximate surface area is 183 Å². The van der Waals surface area contributed by atoms with Crippen molar-refractivity contribution in [2.75, 3.05) is 32.7 Å². The Bertz CT molecular complexity index is 1000. The molecule has 162 valence electrons. The van der Waals surface area contributed by atoms with Crippen molar-refractivity contribution in [3.63, 3.8) is 0 Å². The molecule has 8 heteroatoms. The monoisotopic (exact) mass is 449 g/mol. The second-order valence-corrected chi connectivity index (χ2v) is 10.1. The van der Waals surface area contributed by atoms with Crippen LogP contribution in [-0.4, -0.2) is 56.3 Å². The van der Waals surface area contributed by atoms with Crippen LogP contribution in [0.25, 0.3) is 0 Å². The van der Waals surface area contributed by atoms with Crippen molar-refractivity contribution < 1.29 is 13.2 Å². The van der Waals surface area contributed by atoms with Crippen molar-refractivity contribution in [1.82, 2.24) is 14.5 Å². The van der Waals surface area contributed by atoms with E-state index in [2.05, 4.69) is 31.3 Å². The highest BCUT2D eigenvalue weighted by Gasteiger charge is 2.29. The van der Waals surface area contributed by atoms with Gasteiger partial charge in [0, 0.05) is 31.2 Å². The summed E-state index contributed by atoms with van der Waals surface area (Å²) in [5.41, 5.74) is 3.50. The first-order chi connectivity index (χ1) is 14.2. The number of carbonyl (C=O) groups excluding carboxylic acids is 1. The van der Waals surface area contributed by atoms with E-state index in [9.17, 15) is 13.2 Å². The molecule has 1 atom stereocenters. The van der Waals surface area contributed by atoms with Gasteiger partial charge in [-0.05, 0) is 61.7 Å². The van der Waals surface area contributed by atoms with Gasteiger partial charge in [0.1, 0.15) is 0 Å². The number of sulfonamides is 1. The number of benzene rings is 2. The third kappa shape index (κ3) is 5.40. The van der Waals surface area contributed by atoms with Gasteiger partial charge in [0.25, 0.3) is 0 Å². The molecule has 0 spiro atoms. The molecule has 2 aromatic carbocycles. The fraction of sp³-hybridized carbons (Fsp3) is 0.409. The van der Waals surface area contributed by atoms with E-state index in [0.29, 0.717) is 31.2 Å². The normalized spacial score (nSPS) is 16.9. The molecular formula is C22H28ClN3O3S. The maximum absolute atomic E-state index is 12.8. The number of carbonyl (C=O) groups is 1. The lowest BCUT2D eigenvalue weighted by atomic mass is 10.0. The molecule has 3 rings (SSSR count). The maximum atomic E-state index is 12.8. The van der Waals surface area contributed by atoms with Gasteiger partial charge in [0.15, 0.2) is 0 Å². The quantitative estimate of drug-likeness (QED) is 0.735. The van der Waals surface area contributed by atoms with Gasteiger partial charge in [-0.3, -0.25) is 9.69 Å². The topological polar surface area (TPSA) is 69.7 Å². The Morgan fingerprint density at radius 2 is 1.67 bits per heavy atom. The summed E-state index contributed by atoms with van der Waals surface area (Å²) in [7, 11) is -3.55. The number of rotatable bonds is 6. The van der Waals surface area contributed by atoms with Crippen LogP contribution in [0, 0.1) is 13.8 Å². The fourth-order valence-electron chi connectivity index (χ4n) is 3.49. The number of halogens is 1. The molecule has 0 bridgehead atoms. The van der Waals surface area contributed by atoms with Crippen LogP contribution in [0.1, 0.15) is 29.7 Å². The van der Waals surface area contributed by atoms with E-state index in [1.54, 1.807) is 12.1 Å². The number of nitrogens with one attached hydrogen (secondary N) is 1. The number of amides is 1. The molecule has 0 radical (unpaired) electrons. The maximum Gasteiger partial charge on any atom is 0.243 e. The minimum absolute atomic E-state index is 0.0604. The van der Waals surface area contributed by atoms with Crippen LogP contribution in [0.2, 0.25) is 5.02 Å². The summed E-state index contributed by atoms with van der Waals surface area (Å²) in [6, 6.07) is 12.3. The Kier molecular flexibility index (Phi) is 7.18. The molecule has 0 saturated carbocycles.